The molecular formula is C13H20BrN3O. The van der Waals surface area contributed by atoms with E-state index in [-0.39, 0.29) is 0 Å². The summed E-state index contributed by atoms with van der Waals surface area (Å²) in [6.45, 7) is 3.21. The van der Waals surface area contributed by atoms with Gasteiger partial charge in [0.1, 0.15) is 4.60 Å². The Morgan fingerprint density at radius 3 is 2.94 bits per heavy atom. The van der Waals surface area contributed by atoms with Gasteiger partial charge in [-0.2, -0.15) is 5.10 Å². The van der Waals surface area contributed by atoms with Gasteiger partial charge in [-0.05, 0) is 67.0 Å². The Morgan fingerprint density at radius 1 is 1.39 bits per heavy atom. The first-order valence-electron chi connectivity index (χ1n) is 6.91. The van der Waals surface area contributed by atoms with Crippen molar-refractivity contribution in [2.45, 2.75) is 44.8 Å². The van der Waals surface area contributed by atoms with Crippen molar-refractivity contribution in [2.75, 3.05) is 13.1 Å². The molecule has 0 radical (unpaired) electrons. The highest BCUT2D eigenvalue weighted by molar-refractivity contribution is 9.10. The largest absolute Gasteiger partial charge is 0.486 e. The Kier molecular flexibility index (Phi) is 3.89. The fraction of sp³-hybridized carbons (Fsp3) is 0.769. The van der Waals surface area contributed by atoms with Crippen LogP contribution in [0.5, 0.6) is 5.75 Å². The van der Waals surface area contributed by atoms with Crippen LogP contribution in [0.1, 0.15) is 32.1 Å². The van der Waals surface area contributed by atoms with E-state index >= 15 is 0 Å². The molecule has 5 heteroatoms. The van der Waals surface area contributed by atoms with Gasteiger partial charge < -0.3 is 10.1 Å². The second-order valence-corrected chi connectivity index (χ2v) is 6.12. The topological polar surface area (TPSA) is 39.1 Å². The predicted octanol–water partition coefficient (Wildman–Crippen LogP) is 2.58. The molecule has 0 aromatic carbocycles. The van der Waals surface area contributed by atoms with Gasteiger partial charge in [-0.25, -0.2) is 0 Å². The minimum atomic E-state index is 0.395. The van der Waals surface area contributed by atoms with Crippen molar-refractivity contribution in [1.29, 1.82) is 0 Å². The number of hydrogen-bond donors (Lipinski definition) is 1. The van der Waals surface area contributed by atoms with Crippen LogP contribution in [0.4, 0.5) is 0 Å². The van der Waals surface area contributed by atoms with Crippen LogP contribution in [-0.2, 0) is 6.54 Å². The van der Waals surface area contributed by atoms with Gasteiger partial charge in [-0.1, -0.05) is 0 Å². The van der Waals surface area contributed by atoms with E-state index in [9.17, 15) is 0 Å². The van der Waals surface area contributed by atoms with E-state index in [4.69, 9.17) is 4.74 Å². The van der Waals surface area contributed by atoms with Gasteiger partial charge in [0.15, 0.2) is 5.75 Å². The smallest absolute Gasteiger partial charge is 0.172 e. The van der Waals surface area contributed by atoms with E-state index in [1.54, 1.807) is 0 Å². The molecule has 18 heavy (non-hydrogen) atoms. The molecule has 2 aliphatic rings. The minimum absolute atomic E-state index is 0.395. The Balaban J connectivity index is 1.63. The summed E-state index contributed by atoms with van der Waals surface area (Å²) in [4.78, 5) is 0. The second-order valence-electron chi connectivity index (χ2n) is 5.36. The Hall–Kier alpha value is -0.550. The van der Waals surface area contributed by atoms with Gasteiger partial charge in [0.25, 0.3) is 0 Å². The molecule has 1 atom stereocenters. The van der Waals surface area contributed by atoms with Crippen LogP contribution in [0.25, 0.3) is 0 Å². The highest BCUT2D eigenvalue weighted by atomic mass is 79.9. The molecule has 2 fully saturated rings. The number of nitrogens with one attached hydrogen (secondary N) is 1. The van der Waals surface area contributed by atoms with Crippen molar-refractivity contribution in [1.82, 2.24) is 15.1 Å². The molecule has 1 saturated carbocycles. The maximum Gasteiger partial charge on any atom is 0.172 e. The third-order valence-electron chi connectivity index (χ3n) is 3.93. The zero-order valence-electron chi connectivity index (χ0n) is 10.6. The monoisotopic (exact) mass is 313 g/mol. The first-order chi connectivity index (χ1) is 8.83. The molecule has 1 aromatic rings. The molecule has 1 aliphatic carbocycles. The molecule has 1 unspecified atom stereocenters. The second kappa shape index (κ2) is 5.61. The van der Waals surface area contributed by atoms with Crippen LogP contribution in [-0.4, -0.2) is 29.0 Å². The molecule has 0 spiro atoms. The molecule has 4 nitrogen and oxygen atoms in total. The van der Waals surface area contributed by atoms with E-state index in [2.05, 4.69) is 26.3 Å². The van der Waals surface area contributed by atoms with Gasteiger partial charge in [0.2, 0.25) is 0 Å². The van der Waals surface area contributed by atoms with Gasteiger partial charge in [0.05, 0.1) is 12.3 Å². The summed E-state index contributed by atoms with van der Waals surface area (Å²) in [5, 5.41) is 7.83. The molecule has 1 aromatic heterocycles. The van der Waals surface area contributed by atoms with Gasteiger partial charge in [0, 0.05) is 6.54 Å². The lowest BCUT2D eigenvalue weighted by Gasteiger charge is -2.13. The highest BCUT2D eigenvalue weighted by Gasteiger charge is 2.21. The van der Waals surface area contributed by atoms with Crippen LogP contribution in [0.2, 0.25) is 0 Å². The average Bonchev–Trinajstić information content (AvgIpc) is 3.08. The van der Waals surface area contributed by atoms with Crippen LogP contribution in [0.3, 0.4) is 0 Å². The van der Waals surface area contributed by atoms with Crippen molar-refractivity contribution in [3.8, 4) is 5.75 Å². The minimum Gasteiger partial charge on any atom is -0.486 e. The Bertz CT molecular complexity index is 359. The van der Waals surface area contributed by atoms with Crippen LogP contribution in [0.15, 0.2) is 10.8 Å². The van der Waals surface area contributed by atoms with E-state index in [0.717, 1.165) is 30.0 Å². The number of aromatic nitrogens is 2. The lowest BCUT2D eigenvalue weighted by molar-refractivity contribution is 0.208. The molecule has 0 bridgehead atoms. The number of halogens is 1. The lowest BCUT2D eigenvalue weighted by atomic mass is 10.1. The third-order valence-corrected chi connectivity index (χ3v) is 4.73. The summed E-state index contributed by atoms with van der Waals surface area (Å²) in [7, 11) is 0. The van der Waals surface area contributed by atoms with Gasteiger partial charge in [-0.15, -0.1) is 0 Å². The molecule has 1 aliphatic heterocycles. The summed E-state index contributed by atoms with van der Waals surface area (Å²) >= 11 is 3.62. The molecular weight excluding hydrogens is 294 g/mol. The summed E-state index contributed by atoms with van der Waals surface area (Å²) in [5.41, 5.74) is 0. The predicted molar refractivity (Wildman–Crippen MR) is 73.8 cm³/mol. The maximum absolute atomic E-state index is 6.01. The average molecular weight is 314 g/mol. The summed E-state index contributed by atoms with van der Waals surface area (Å²) in [5.74, 6) is 1.60. The summed E-state index contributed by atoms with van der Waals surface area (Å²) < 4.78 is 9.04. The first-order valence-corrected chi connectivity index (χ1v) is 7.71. The standard InChI is InChI=1S/C13H20BrN3O/c14-13-12(18-11-3-1-2-4-11)8-16-17(13)9-10-5-6-15-7-10/h8,10-11,15H,1-7,9H2. The highest BCUT2D eigenvalue weighted by Crippen LogP contribution is 2.30. The number of nitrogens with zero attached hydrogens (tertiary/aromatic N) is 2. The van der Waals surface area contributed by atoms with Crippen LogP contribution >= 0.6 is 15.9 Å². The SMILES string of the molecule is Brc1c(OC2CCCC2)cnn1CC1CCNC1. The molecule has 2 heterocycles. The van der Waals surface area contributed by atoms with E-state index in [1.165, 1.54) is 32.1 Å². The quantitative estimate of drug-likeness (QED) is 0.928. The van der Waals surface area contributed by atoms with E-state index in [0.29, 0.717) is 12.0 Å². The van der Waals surface area contributed by atoms with Crippen molar-refractivity contribution >= 4 is 15.9 Å². The lowest BCUT2D eigenvalue weighted by Crippen LogP contribution is -2.15. The summed E-state index contributed by atoms with van der Waals surface area (Å²) in [6.07, 6.45) is 8.45. The fourth-order valence-electron chi connectivity index (χ4n) is 2.86. The van der Waals surface area contributed by atoms with Gasteiger partial charge >= 0.3 is 0 Å². The van der Waals surface area contributed by atoms with Crippen molar-refractivity contribution < 1.29 is 4.74 Å². The fourth-order valence-corrected chi connectivity index (χ4v) is 3.29. The van der Waals surface area contributed by atoms with Gasteiger partial charge in [-0.3, -0.25) is 4.68 Å². The Labute approximate surface area is 116 Å². The number of ether oxygens (including phenoxy) is 1. The molecule has 100 valence electrons. The maximum atomic E-state index is 6.01. The summed E-state index contributed by atoms with van der Waals surface area (Å²) in [6, 6.07) is 0. The number of rotatable bonds is 4. The first kappa shape index (κ1) is 12.5. The normalized spacial score (nSPS) is 24.8. The zero-order chi connectivity index (χ0) is 12.4. The molecule has 1 N–H and O–H groups in total. The molecule has 0 amide bonds. The molecule has 3 rings (SSSR count). The zero-order valence-corrected chi connectivity index (χ0v) is 12.2. The third kappa shape index (κ3) is 2.72. The van der Waals surface area contributed by atoms with Crippen LogP contribution < -0.4 is 10.1 Å². The number of hydrogen-bond acceptors (Lipinski definition) is 3. The van der Waals surface area contributed by atoms with E-state index in [1.807, 2.05) is 10.9 Å². The van der Waals surface area contributed by atoms with E-state index < -0.39 is 0 Å². The van der Waals surface area contributed by atoms with Crippen molar-refractivity contribution in [2.24, 2.45) is 5.92 Å². The molecule has 1 saturated heterocycles. The van der Waals surface area contributed by atoms with Crippen molar-refractivity contribution in [3.63, 3.8) is 0 Å². The van der Waals surface area contributed by atoms with Crippen molar-refractivity contribution in [3.05, 3.63) is 10.8 Å². The van der Waals surface area contributed by atoms with Crippen LogP contribution in [0, 0.1) is 5.92 Å². The Morgan fingerprint density at radius 2 is 2.22 bits per heavy atom.